The fourth-order valence-electron chi connectivity index (χ4n) is 1.99. The van der Waals surface area contributed by atoms with E-state index in [0.29, 0.717) is 23.5 Å². The van der Waals surface area contributed by atoms with E-state index in [4.69, 9.17) is 5.73 Å². The van der Waals surface area contributed by atoms with Gasteiger partial charge in [-0.1, -0.05) is 6.92 Å². The summed E-state index contributed by atoms with van der Waals surface area (Å²) in [6.07, 6.45) is 0.798. The van der Waals surface area contributed by atoms with Crippen molar-refractivity contribution in [2.24, 2.45) is 5.92 Å². The Hall–Kier alpha value is -0.660. The number of hydrogen-bond donors (Lipinski definition) is 1. The molecule has 0 aromatic heterocycles. The maximum atomic E-state index is 13.8. The molecule has 0 bridgehead atoms. The third-order valence-corrected chi connectivity index (χ3v) is 5.62. The predicted octanol–water partition coefficient (Wildman–Crippen LogP) is 2.20. The first-order valence-corrected chi connectivity index (χ1v) is 7.80. The molecule has 0 spiro atoms. The highest BCUT2D eigenvalue weighted by atomic mass is 79.9. The smallest absolute Gasteiger partial charge is 0.246 e. The van der Waals surface area contributed by atoms with Gasteiger partial charge in [0.05, 0.1) is 0 Å². The van der Waals surface area contributed by atoms with Gasteiger partial charge in [-0.05, 0) is 40.4 Å². The van der Waals surface area contributed by atoms with Crippen molar-refractivity contribution in [3.8, 4) is 0 Å². The summed E-state index contributed by atoms with van der Waals surface area (Å²) in [5.41, 5.74) is 5.83. The maximum absolute atomic E-state index is 13.8. The van der Waals surface area contributed by atoms with E-state index in [9.17, 15) is 12.8 Å². The van der Waals surface area contributed by atoms with E-state index in [-0.39, 0.29) is 10.6 Å². The Bertz CT molecular complexity index is 577. The van der Waals surface area contributed by atoms with Gasteiger partial charge < -0.3 is 5.73 Å². The van der Waals surface area contributed by atoms with Gasteiger partial charge in [0.15, 0.2) is 0 Å². The van der Waals surface area contributed by atoms with Gasteiger partial charge >= 0.3 is 0 Å². The Kier molecular flexibility index (Phi) is 3.66. The summed E-state index contributed by atoms with van der Waals surface area (Å²) in [5.74, 6) is -0.480. The van der Waals surface area contributed by atoms with Crippen LogP contribution < -0.4 is 5.73 Å². The van der Waals surface area contributed by atoms with Gasteiger partial charge in [0.1, 0.15) is 10.7 Å². The van der Waals surface area contributed by atoms with Crippen molar-refractivity contribution in [1.82, 2.24) is 4.31 Å². The zero-order valence-electron chi connectivity index (χ0n) is 9.86. The first-order valence-electron chi connectivity index (χ1n) is 5.57. The van der Waals surface area contributed by atoms with Crippen molar-refractivity contribution in [3.05, 3.63) is 22.4 Å². The van der Waals surface area contributed by atoms with E-state index < -0.39 is 15.8 Å². The number of benzene rings is 1. The van der Waals surface area contributed by atoms with E-state index in [1.807, 2.05) is 6.92 Å². The second-order valence-electron chi connectivity index (χ2n) is 4.56. The number of nitrogens with zero attached hydrogens (tertiary/aromatic N) is 1. The van der Waals surface area contributed by atoms with Gasteiger partial charge in [-0.3, -0.25) is 0 Å². The van der Waals surface area contributed by atoms with Crippen molar-refractivity contribution >= 4 is 31.6 Å². The molecule has 0 saturated carbocycles. The largest absolute Gasteiger partial charge is 0.398 e. The van der Waals surface area contributed by atoms with Crippen LogP contribution in [0.2, 0.25) is 0 Å². The fourth-order valence-corrected chi connectivity index (χ4v) is 3.97. The van der Waals surface area contributed by atoms with Gasteiger partial charge in [-0.2, -0.15) is 4.31 Å². The summed E-state index contributed by atoms with van der Waals surface area (Å²) in [5, 5.41) is 0. The second kappa shape index (κ2) is 4.79. The molecule has 0 aliphatic carbocycles. The average Bonchev–Trinajstić information content (AvgIpc) is 2.70. The van der Waals surface area contributed by atoms with Crippen LogP contribution in [0.3, 0.4) is 0 Å². The molecule has 18 heavy (non-hydrogen) atoms. The van der Waals surface area contributed by atoms with Crippen LogP contribution in [0, 0.1) is 11.7 Å². The normalized spacial score (nSPS) is 21.4. The van der Waals surface area contributed by atoms with E-state index in [1.54, 1.807) is 0 Å². The molecule has 1 aliphatic rings. The number of anilines is 1. The van der Waals surface area contributed by atoms with Crippen LogP contribution in [0.4, 0.5) is 10.1 Å². The summed E-state index contributed by atoms with van der Waals surface area (Å²) in [4.78, 5) is -0.350. The summed E-state index contributed by atoms with van der Waals surface area (Å²) in [6, 6.07) is 2.25. The van der Waals surface area contributed by atoms with Crippen LogP contribution in [-0.4, -0.2) is 25.8 Å². The lowest BCUT2D eigenvalue weighted by atomic mass is 10.2. The van der Waals surface area contributed by atoms with Crippen molar-refractivity contribution in [2.45, 2.75) is 18.2 Å². The third kappa shape index (κ3) is 2.39. The quantitative estimate of drug-likeness (QED) is 0.842. The average molecular weight is 337 g/mol. The molecule has 1 atom stereocenters. The van der Waals surface area contributed by atoms with Crippen molar-refractivity contribution in [2.75, 3.05) is 18.8 Å². The Labute approximate surface area is 114 Å². The molecule has 1 unspecified atom stereocenters. The molecule has 0 amide bonds. The summed E-state index contributed by atoms with van der Waals surface area (Å²) >= 11 is 3.07. The number of nitrogen functional groups attached to an aromatic ring is 1. The molecule has 1 heterocycles. The lowest BCUT2D eigenvalue weighted by molar-refractivity contribution is 0.458. The number of rotatable bonds is 2. The molecule has 7 heteroatoms. The lowest BCUT2D eigenvalue weighted by Gasteiger charge is -2.17. The molecule has 1 aliphatic heterocycles. The minimum atomic E-state index is -3.78. The van der Waals surface area contributed by atoms with Gasteiger partial charge in [0.2, 0.25) is 10.0 Å². The Morgan fingerprint density at radius 3 is 2.72 bits per heavy atom. The monoisotopic (exact) mass is 336 g/mol. The highest BCUT2D eigenvalue weighted by Gasteiger charge is 2.32. The van der Waals surface area contributed by atoms with E-state index in [1.165, 1.54) is 4.31 Å². The topological polar surface area (TPSA) is 63.4 Å². The van der Waals surface area contributed by atoms with Crippen LogP contribution >= 0.6 is 15.9 Å². The third-order valence-electron chi connectivity index (χ3n) is 3.06. The van der Waals surface area contributed by atoms with Gasteiger partial charge in [0.25, 0.3) is 0 Å². The van der Waals surface area contributed by atoms with Gasteiger partial charge in [-0.25, -0.2) is 12.8 Å². The molecule has 2 rings (SSSR count). The SMILES string of the molecule is CC1CCN(S(=O)(=O)c2cc(N)c(Br)cc2F)C1. The van der Waals surface area contributed by atoms with Gasteiger partial charge in [-0.15, -0.1) is 0 Å². The van der Waals surface area contributed by atoms with Crippen LogP contribution in [0.1, 0.15) is 13.3 Å². The molecule has 1 fully saturated rings. The van der Waals surface area contributed by atoms with Crippen LogP contribution in [0.25, 0.3) is 0 Å². The molecule has 1 aromatic carbocycles. The molecular formula is C11H14BrFN2O2S. The number of nitrogens with two attached hydrogens (primary N) is 1. The Morgan fingerprint density at radius 2 is 2.17 bits per heavy atom. The fraction of sp³-hybridized carbons (Fsp3) is 0.455. The summed E-state index contributed by atoms with van der Waals surface area (Å²) < 4.78 is 40.0. The Balaban J connectivity index is 2.45. The van der Waals surface area contributed by atoms with Crippen molar-refractivity contribution in [1.29, 1.82) is 0 Å². The summed E-state index contributed by atoms with van der Waals surface area (Å²) in [6.45, 7) is 2.83. The number of sulfonamides is 1. The summed E-state index contributed by atoms with van der Waals surface area (Å²) in [7, 11) is -3.78. The Morgan fingerprint density at radius 1 is 1.50 bits per heavy atom. The molecule has 2 N–H and O–H groups in total. The molecular weight excluding hydrogens is 323 g/mol. The van der Waals surface area contributed by atoms with Crippen LogP contribution in [0.5, 0.6) is 0 Å². The zero-order chi connectivity index (χ0) is 13.5. The minimum absolute atomic E-state index is 0.210. The second-order valence-corrected chi connectivity index (χ2v) is 7.32. The number of halogens is 2. The van der Waals surface area contributed by atoms with E-state index in [2.05, 4.69) is 15.9 Å². The lowest BCUT2D eigenvalue weighted by Crippen LogP contribution is -2.29. The zero-order valence-corrected chi connectivity index (χ0v) is 12.3. The standard InChI is InChI=1S/C11H14BrFN2O2S/c1-7-2-3-15(6-7)18(16,17)11-5-10(14)8(12)4-9(11)13/h4-5,7H,2-3,6,14H2,1H3. The first kappa shape index (κ1) is 13.8. The van der Waals surface area contributed by atoms with Crippen LogP contribution in [-0.2, 0) is 10.0 Å². The highest BCUT2D eigenvalue weighted by molar-refractivity contribution is 9.10. The van der Waals surface area contributed by atoms with Crippen molar-refractivity contribution in [3.63, 3.8) is 0 Å². The van der Waals surface area contributed by atoms with Crippen LogP contribution in [0.15, 0.2) is 21.5 Å². The predicted molar refractivity (Wildman–Crippen MR) is 71.1 cm³/mol. The van der Waals surface area contributed by atoms with Crippen molar-refractivity contribution < 1.29 is 12.8 Å². The first-order chi connectivity index (χ1) is 8.32. The van der Waals surface area contributed by atoms with Gasteiger partial charge in [0, 0.05) is 23.2 Å². The molecule has 1 aromatic rings. The maximum Gasteiger partial charge on any atom is 0.246 e. The number of hydrogen-bond acceptors (Lipinski definition) is 3. The minimum Gasteiger partial charge on any atom is -0.398 e. The molecule has 1 saturated heterocycles. The molecule has 4 nitrogen and oxygen atoms in total. The molecule has 0 radical (unpaired) electrons. The van der Waals surface area contributed by atoms with E-state index >= 15 is 0 Å². The molecule has 100 valence electrons. The van der Waals surface area contributed by atoms with E-state index in [0.717, 1.165) is 18.6 Å². The highest BCUT2D eigenvalue weighted by Crippen LogP contribution is 2.30.